The highest BCUT2D eigenvalue weighted by molar-refractivity contribution is 6.23. The molecule has 0 bridgehead atoms. The Labute approximate surface area is 405 Å². The lowest BCUT2D eigenvalue weighted by Crippen LogP contribution is -2.10. The van der Waals surface area contributed by atoms with Crippen LogP contribution >= 0.6 is 0 Å². The Hall–Kier alpha value is -9.24. The molecule has 0 amide bonds. The summed E-state index contributed by atoms with van der Waals surface area (Å²) in [7, 11) is 0. The predicted molar refractivity (Wildman–Crippen MR) is 298 cm³/mol. The number of nitrogens with zero attached hydrogens (tertiary/aromatic N) is 1. The fourth-order valence-corrected chi connectivity index (χ4v) is 11.2. The monoisotopic (exact) mass is 889 g/mol. The molecule has 1 aromatic heterocycles. The number of hydrogen-bond acceptors (Lipinski definition) is 2. The van der Waals surface area contributed by atoms with Crippen LogP contribution in [0.4, 0.5) is 17.1 Å². The number of anilines is 3. The Bertz CT molecular complexity index is 4320. The van der Waals surface area contributed by atoms with Gasteiger partial charge in [0.2, 0.25) is 0 Å². The standard InChI is InChI=1S/C68H43NO/c1-3-17-47(18-4-1)65-60-27-14-12-25-57(60)58-40-35-49(42-62(58)66(65)48-19-5-2-6-20-48)44-30-36-51(37-31-44)69(63-43-50-21-8-9-22-53(50)56-24-11-13-26-59(56)63)52-38-32-46(33-39-52)54-28-15-29-64-67(54)61-41-34-45-16-7-10-23-55(45)68(61)70-64/h1-43H. The molecular formula is C68H43NO. The van der Waals surface area contributed by atoms with Gasteiger partial charge in [-0.25, -0.2) is 0 Å². The minimum Gasteiger partial charge on any atom is -0.455 e. The zero-order valence-electron chi connectivity index (χ0n) is 38.2. The lowest BCUT2D eigenvalue weighted by atomic mass is 9.84. The molecule has 13 aromatic carbocycles. The molecule has 14 aromatic rings. The summed E-state index contributed by atoms with van der Waals surface area (Å²) in [5.41, 5.74) is 14.7. The first-order chi connectivity index (χ1) is 34.7. The normalized spacial score (nSPS) is 11.7. The van der Waals surface area contributed by atoms with Gasteiger partial charge in [-0.2, -0.15) is 0 Å². The van der Waals surface area contributed by atoms with Gasteiger partial charge in [0, 0.05) is 32.9 Å². The molecule has 2 nitrogen and oxygen atoms in total. The van der Waals surface area contributed by atoms with Crippen molar-refractivity contribution in [1.82, 2.24) is 0 Å². The zero-order chi connectivity index (χ0) is 46.1. The first-order valence-corrected chi connectivity index (χ1v) is 24.1. The van der Waals surface area contributed by atoms with E-state index in [0.29, 0.717) is 0 Å². The van der Waals surface area contributed by atoms with Gasteiger partial charge in [-0.05, 0) is 136 Å². The molecule has 0 radical (unpaired) electrons. The number of furan rings is 1. The van der Waals surface area contributed by atoms with Crippen LogP contribution in [-0.2, 0) is 0 Å². The van der Waals surface area contributed by atoms with E-state index in [1.54, 1.807) is 0 Å². The molecule has 0 saturated heterocycles. The molecule has 0 aliphatic carbocycles. The van der Waals surface area contributed by atoms with E-state index in [0.717, 1.165) is 61.1 Å². The zero-order valence-corrected chi connectivity index (χ0v) is 38.2. The minimum atomic E-state index is 0.893. The van der Waals surface area contributed by atoms with Crippen LogP contribution in [0.5, 0.6) is 0 Å². The van der Waals surface area contributed by atoms with Crippen molar-refractivity contribution in [1.29, 1.82) is 0 Å². The quantitative estimate of drug-likeness (QED) is 0.148. The van der Waals surface area contributed by atoms with Gasteiger partial charge in [0.1, 0.15) is 11.2 Å². The first-order valence-electron chi connectivity index (χ1n) is 24.1. The largest absolute Gasteiger partial charge is 0.455 e. The molecule has 0 saturated carbocycles. The summed E-state index contributed by atoms with van der Waals surface area (Å²) >= 11 is 0. The van der Waals surface area contributed by atoms with Crippen molar-refractivity contribution in [3.8, 4) is 44.5 Å². The first kappa shape index (κ1) is 39.9. The molecule has 0 aliphatic rings. The third-order valence-electron chi connectivity index (χ3n) is 14.4. The summed E-state index contributed by atoms with van der Waals surface area (Å²) < 4.78 is 6.60. The summed E-state index contributed by atoms with van der Waals surface area (Å²) in [5.74, 6) is 0. The van der Waals surface area contributed by atoms with E-state index in [2.05, 4.69) is 266 Å². The second-order valence-electron chi connectivity index (χ2n) is 18.3. The molecule has 326 valence electrons. The maximum atomic E-state index is 6.60. The molecule has 1 heterocycles. The molecule has 0 fully saturated rings. The van der Waals surface area contributed by atoms with Crippen molar-refractivity contribution >= 4 is 92.9 Å². The van der Waals surface area contributed by atoms with Gasteiger partial charge >= 0.3 is 0 Å². The summed E-state index contributed by atoms with van der Waals surface area (Å²) in [6, 6.07) is 95.0. The molecule has 0 N–H and O–H groups in total. The second kappa shape index (κ2) is 16.2. The summed E-state index contributed by atoms with van der Waals surface area (Å²) in [6.45, 7) is 0. The van der Waals surface area contributed by atoms with Crippen LogP contribution in [0.1, 0.15) is 0 Å². The average Bonchev–Trinajstić information content (AvgIpc) is 3.83. The van der Waals surface area contributed by atoms with Crippen LogP contribution in [0.2, 0.25) is 0 Å². The number of rotatable bonds is 7. The van der Waals surface area contributed by atoms with Crippen molar-refractivity contribution in [2.75, 3.05) is 4.90 Å². The third-order valence-corrected chi connectivity index (χ3v) is 14.4. The Balaban J connectivity index is 0.926. The van der Waals surface area contributed by atoms with Crippen LogP contribution in [0.3, 0.4) is 0 Å². The Morgan fingerprint density at radius 3 is 1.49 bits per heavy atom. The fraction of sp³-hybridized carbons (Fsp3) is 0. The van der Waals surface area contributed by atoms with E-state index < -0.39 is 0 Å². The topological polar surface area (TPSA) is 16.4 Å². The SMILES string of the molecule is c1ccc(-c2c(-c3ccccc3)c3cc(-c4ccc(N(c5ccc(-c6cccc7oc8c9ccccc9ccc8c67)cc5)c5cc6ccccc6c6ccccc56)cc4)ccc3c3ccccc23)cc1. The van der Waals surface area contributed by atoms with Gasteiger partial charge in [-0.15, -0.1) is 0 Å². The molecule has 14 rings (SSSR count). The lowest BCUT2D eigenvalue weighted by molar-refractivity contribution is 0.673. The van der Waals surface area contributed by atoms with Crippen molar-refractivity contribution in [3.05, 3.63) is 261 Å². The van der Waals surface area contributed by atoms with Crippen molar-refractivity contribution < 1.29 is 4.42 Å². The highest BCUT2D eigenvalue weighted by Gasteiger charge is 2.21. The number of benzene rings is 13. The average molecular weight is 890 g/mol. The van der Waals surface area contributed by atoms with Crippen LogP contribution in [-0.4, -0.2) is 0 Å². The summed E-state index contributed by atoms with van der Waals surface area (Å²) in [4.78, 5) is 2.43. The van der Waals surface area contributed by atoms with Crippen molar-refractivity contribution in [2.45, 2.75) is 0 Å². The van der Waals surface area contributed by atoms with Crippen molar-refractivity contribution in [3.63, 3.8) is 0 Å². The fourth-order valence-electron chi connectivity index (χ4n) is 11.2. The van der Waals surface area contributed by atoms with Gasteiger partial charge in [-0.3, -0.25) is 0 Å². The number of fused-ring (bicyclic) bond motifs is 11. The summed E-state index contributed by atoms with van der Waals surface area (Å²) in [6.07, 6.45) is 0. The number of hydrogen-bond donors (Lipinski definition) is 0. The van der Waals surface area contributed by atoms with Crippen LogP contribution in [0.15, 0.2) is 265 Å². The Morgan fingerprint density at radius 2 is 0.786 bits per heavy atom. The molecule has 2 heteroatoms. The van der Waals surface area contributed by atoms with E-state index in [-0.39, 0.29) is 0 Å². The van der Waals surface area contributed by atoms with Crippen LogP contribution in [0.25, 0.3) is 120 Å². The van der Waals surface area contributed by atoms with E-state index in [4.69, 9.17) is 4.42 Å². The molecule has 0 spiro atoms. The van der Waals surface area contributed by atoms with E-state index in [1.165, 1.54) is 76.3 Å². The maximum absolute atomic E-state index is 6.60. The predicted octanol–water partition coefficient (Wildman–Crippen LogP) is 19.5. The molecule has 0 aliphatic heterocycles. The van der Waals surface area contributed by atoms with E-state index >= 15 is 0 Å². The highest BCUT2D eigenvalue weighted by Crippen LogP contribution is 2.47. The summed E-state index contributed by atoms with van der Waals surface area (Å²) in [5, 5.41) is 14.4. The smallest absolute Gasteiger partial charge is 0.143 e. The van der Waals surface area contributed by atoms with Crippen LogP contribution < -0.4 is 4.90 Å². The molecule has 0 unspecified atom stereocenters. The van der Waals surface area contributed by atoms with Crippen LogP contribution in [0, 0.1) is 0 Å². The van der Waals surface area contributed by atoms with Gasteiger partial charge in [-0.1, -0.05) is 212 Å². The van der Waals surface area contributed by atoms with E-state index in [1.807, 2.05) is 0 Å². The second-order valence-corrected chi connectivity index (χ2v) is 18.3. The van der Waals surface area contributed by atoms with Crippen molar-refractivity contribution in [2.24, 2.45) is 0 Å². The minimum absolute atomic E-state index is 0.893. The lowest BCUT2D eigenvalue weighted by Gasteiger charge is -2.28. The van der Waals surface area contributed by atoms with E-state index in [9.17, 15) is 0 Å². The molecule has 0 atom stereocenters. The Kier molecular flexibility index (Phi) is 9.25. The van der Waals surface area contributed by atoms with Gasteiger partial charge in [0.15, 0.2) is 0 Å². The Morgan fingerprint density at radius 1 is 0.271 bits per heavy atom. The van der Waals surface area contributed by atoms with Gasteiger partial charge in [0.25, 0.3) is 0 Å². The van der Waals surface area contributed by atoms with Gasteiger partial charge < -0.3 is 9.32 Å². The van der Waals surface area contributed by atoms with Gasteiger partial charge in [0.05, 0.1) is 5.69 Å². The molecule has 70 heavy (non-hydrogen) atoms. The molecular weight excluding hydrogens is 847 g/mol. The maximum Gasteiger partial charge on any atom is 0.143 e. The highest BCUT2D eigenvalue weighted by atomic mass is 16.3. The third kappa shape index (κ3) is 6.42.